The van der Waals surface area contributed by atoms with Gasteiger partial charge in [0.15, 0.2) is 5.82 Å². The van der Waals surface area contributed by atoms with E-state index < -0.39 is 0 Å². The molecule has 7 heteroatoms. The lowest BCUT2D eigenvalue weighted by molar-refractivity contribution is 0.949. The van der Waals surface area contributed by atoms with Gasteiger partial charge in [0.2, 0.25) is 0 Å². The maximum Gasteiger partial charge on any atom is 0.155 e. The van der Waals surface area contributed by atoms with Crippen molar-refractivity contribution < 1.29 is 0 Å². The van der Waals surface area contributed by atoms with Crippen LogP contribution in [0.25, 0.3) is 32.0 Å². The third kappa shape index (κ3) is 1.82. The Labute approximate surface area is 130 Å². The summed E-state index contributed by atoms with van der Waals surface area (Å²) in [5.74, 6) is 0.774. The van der Waals surface area contributed by atoms with Gasteiger partial charge in [-0.1, -0.05) is 11.3 Å². The van der Waals surface area contributed by atoms with Crippen LogP contribution < -0.4 is 11.1 Å². The Balaban J connectivity index is 2.02. The molecule has 1 aromatic carbocycles. The third-order valence-corrected chi connectivity index (χ3v) is 4.60. The largest absolute Gasteiger partial charge is 0.399 e. The number of benzene rings is 1. The number of hydrogen-bond donors (Lipinski definition) is 2. The van der Waals surface area contributed by atoms with Crippen molar-refractivity contribution in [2.24, 2.45) is 7.05 Å². The van der Waals surface area contributed by atoms with Gasteiger partial charge in [0.1, 0.15) is 26.4 Å². The van der Waals surface area contributed by atoms with Crippen LogP contribution in [0, 0.1) is 0 Å². The molecule has 0 aliphatic heterocycles. The van der Waals surface area contributed by atoms with Gasteiger partial charge in [-0.25, -0.2) is 15.0 Å². The van der Waals surface area contributed by atoms with Gasteiger partial charge in [0, 0.05) is 25.3 Å². The third-order valence-electron chi connectivity index (χ3n) is 3.60. The maximum atomic E-state index is 5.75. The lowest BCUT2D eigenvalue weighted by Gasteiger charge is -2.01. The van der Waals surface area contributed by atoms with E-state index in [1.165, 1.54) is 0 Å². The number of nitrogens with zero attached hydrogens (tertiary/aromatic N) is 4. The van der Waals surface area contributed by atoms with E-state index in [1.54, 1.807) is 17.7 Å². The second-order valence-electron chi connectivity index (χ2n) is 5.06. The highest BCUT2D eigenvalue weighted by Gasteiger charge is 2.16. The first kappa shape index (κ1) is 13.0. The summed E-state index contributed by atoms with van der Waals surface area (Å²) in [5, 5.41) is 4.04. The van der Waals surface area contributed by atoms with E-state index in [0.29, 0.717) is 0 Å². The topological polar surface area (TPSA) is 81.7 Å². The van der Waals surface area contributed by atoms with E-state index in [1.807, 2.05) is 42.9 Å². The number of pyridine rings is 1. The Morgan fingerprint density at radius 2 is 1.91 bits per heavy atom. The van der Waals surface area contributed by atoms with E-state index in [2.05, 4.69) is 15.3 Å². The number of imidazole rings is 1. The molecule has 3 aromatic heterocycles. The fourth-order valence-corrected chi connectivity index (χ4v) is 3.45. The number of rotatable bonds is 2. The molecule has 0 saturated heterocycles. The molecule has 0 saturated carbocycles. The van der Waals surface area contributed by atoms with Crippen LogP contribution in [0.4, 0.5) is 11.5 Å². The minimum atomic E-state index is 0.745. The first-order chi connectivity index (χ1) is 10.7. The van der Waals surface area contributed by atoms with Gasteiger partial charge in [-0.2, -0.15) is 0 Å². The van der Waals surface area contributed by atoms with E-state index >= 15 is 0 Å². The summed E-state index contributed by atoms with van der Waals surface area (Å²) in [4.78, 5) is 14.7. The molecule has 0 aliphatic carbocycles. The first-order valence-electron chi connectivity index (χ1n) is 6.82. The number of aromatic nitrogens is 4. The monoisotopic (exact) mass is 310 g/mol. The average Bonchev–Trinajstić information content (AvgIpc) is 3.10. The molecule has 0 atom stereocenters. The molecular weight excluding hydrogens is 296 g/mol. The normalized spacial score (nSPS) is 11.4. The Morgan fingerprint density at radius 1 is 1.14 bits per heavy atom. The van der Waals surface area contributed by atoms with Crippen molar-refractivity contribution >= 4 is 44.2 Å². The van der Waals surface area contributed by atoms with Crippen molar-refractivity contribution in [1.29, 1.82) is 0 Å². The second-order valence-corrected chi connectivity index (χ2v) is 6.04. The van der Waals surface area contributed by atoms with E-state index in [-0.39, 0.29) is 0 Å². The summed E-state index contributed by atoms with van der Waals surface area (Å²) in [7, 11) is 3.82. The minimum Gasteiger partial charge on any atom is -0.399 e. The lowest BCUT2D eigenvalue weighted by atomic mass is 10.2. The van der Waals surface area contributed by atoms with Gasteiger partial charge in [0.05, 0.1) is 6.33 Å². The minimum absolute atomic E-state index is 0.745. The molecule has 6 nitrogen and oxygen atoms in total. The summed E-state index contributed by atoms with van der Waals surface area (Å²) in [6.45, 7) is 0. The standard InChI is InChI=1S/C15H14N6S/c1-17-13-10-12(21(2)7-18-10)11-15(20-13)22-14(19-11)8-3-5-9(16)6-4-8/h3-7H,16H2,1-2H3,(H,17,20). The number of nitrogen functional groups attached to an aromatic ring is 1. The van der Waals surface area contributed by atoms with Gasteiger partial charge < -0.3 is 15.6 Å². The van der Waals surface area contributed by atoms with E-state index in [0.717, 1.165) is 43.5 Å². The van der Waals surface area contributed by atoms with Gasteiger partial charge in [-0.15, -0.1) is 0 Å². The summed E-state index contributed by atoms with van der Waals surface area (Å²) < 4.78 is 1.98. The Morgan fingerprint density at radius 3 is 2.64 bits per heavy atom. The zero-order valence-corrected chi connectivity index (χ0v) is 13.0. The number of hydrogen-bond acceptors (Lipinski definition) is 6. The molecule has 4 aromatic rings. The van der Waals surface area contributed by atoms with Gasteiger partial charge >= 0.3 is 0 Å². The molecule has 0 amide bonds. The Bertz CT molecular complexity index is 983. The average molecular weight is 310 g/mol. The Hall–Kier alpha value is -2.67. The van der Waals surface area contributed by atoms with Gasteiger partial charge in [-0.05, 0) is 24.3 Å². The molecule has 3 N–H and O–H groups in total. The van der Waals surface area contributed by atoms with Crippen molar-refractivity contribution in [3.05, 3.63) is 30.6 Å². The molecule has 0 aliphatic rings. The van der Waals surface area contributed by atoms with Crippen LogP contribution in [0.1, 0.15) is 0 Å². The van der Waals surface area contributed by atoms with Gasteiger partial charge in [-0.3, -0.25) is 0 Å². The van der Waals surface area contributed by atoms with Crippen LogP contribution in [-0.2, 0) is 7.05 Å². The maximum absolute atomic E-state index is 5.75. The van der Waals surface area contributed by atoms with Crippen LogP contribution in [0.15, 0.2) is 30.6 Å². The summed E-state index contributed by atoms with van der Waals surface area (Å²) in [6.07, 6.45) is 1.79. The molecule has 22 heavy (non-hydrogen) atoms. The van der Waals surface area contributed by atoms with Crippen LogP contribution in [0.2, 0.25) is 0 Å². The molecular formula is C15H14N6S. The van der Waals surface area contributed by atoms with Crippen molar-refractivity contribution in [3.8, 4) is 10.6 Å². The van der Waals surface area contributed by atoms with E-state index in [9.17, 15) is 0 Å². The molecule has 0 fully saturated rings. The van der Waals surface area contributed by atoms with Crippen LogP contribution in [0.3, 0.4) is 0 Å². The zero-order valence-electron chi connectivity index (χ0n) is 12.2. The molecule has 3 heterocycles. The smallest absolute Gasteiger partial charge is 0.155 e. The predicted molar refractivity (Wildman–Crippen MR) is 91.1 cm³/mol. The summed E-state index contributed by atoms with van der Waals surface area (Å²) in [5.41, 5.74) is 10.2. The number of anilines is 2. The summed E-state index contributed by atoms with van der Waals surface area (Å²) in [6, 6.07) is 7.72. The first-order valence-corrected chi connectivity index (χ1v) is 7.64. The molecule has 110 valence electrons. The number of nitrogens with two attached hydrogens (primary N) is 1. The van der Waals surface area contributed by atoms with Crippen LogP contribution >= 0.6 is 11.3 Å². The number of fused-ring (bicyclic) bond motifs is 3. The summed E-state index contributed by atoms with van der Waals surface area (Å²) >= 11 is 1.57. The molecule has 4 rings (SSSR count). The van der Waals surface area contributed by atoms with Crippen LogP contribution in [-0.4, -0.2) is 26.6 Å². The van der Waals surface area contributed by atoms with Crippen molar-refractivity contribution in [1.82, 2.24) is 19.5 Å². The fourth-order valence-electron chi connectivity index (χ4n) is 2.50. The number of aryl methyl sites for hydroxylation is 1. The molecule has 0 spiro atoms. The Kier molecular flexibility index (Phi) is 2.77. The number of nitrogens with one attached hydrogen (secondary N) is 1. The fraction of sp³-hybridized carbons (Fsp3) is 0.133. The molecule has 0 radical (unpaired) electrons. The van der Waals surface area contributed by atoms with Crippen LogP contribution in [0.5, 0.6) is 0 Å². The number of thiazole rings is 1. The quantitative estimate of drug-likeness (QED) is 0.556. The van der Waals surface area contributed by atoms with Crippen molar-refractivity contribution in [2.45, 2.75) is 0 Å². The van der Waals surface area contributed by atoms with Gasteiger partial charge in [0.25, 0.3) is 0 Å². The highest BCUT2D eigenvalue weighted by molar-refractivity contribution is 7.21. The SMILES string of the molecule is CNc1nc2sc(-c3ccc(N)cc3)nc2c2c1ncn2C. The van der Waals surface area contributed by atoms with Crippen molar-refractivity contribution in [2.75, 3.05) is 18.1 Å². The van der Waals surface area contributed by atoms with Crippen molar-refractivity contribution in [3.63, 3.8) is 0 Å². The molecule has 0 unspecified atom stereocenters. The highest BCUT2D eigenvalue weighted by Crippen LogP contribution is 2.35. The zero-order chi connectivity index (χ0) is 15.3. The highest BCUT2D eigenvalue weighted by atomic mass is 32.1. The molecule has 0 bridgehead atoms. The van der Waals surface area contributed by atoms with E-state index in [4.69, 9.17) is 10.7 Å². The predicted octanol–water partition coefficient (Wildman–Crippen LogP) is 2.87. The second kappa shape index (κ2) is 4.67. The lowest BCUT2D eigenvalue weighted by Crippen LogP contribution is -1.95.